The van der Waals surface area contributed by atoms with Crippen molar-refractivity contribution in [2.24, 2.45) is 0 Å². The minimum Gasteiger partial charge on any atom is -0.380 e. The molecule has 0 aliphatic carbocycles. The van der Waals surface area contributed by atoms with Crippen LogP contribution in [0.25, 0.3) is 0 Å². The van der Waals surface area contributed by atoms with E-state index >= 15 is 0 Å². The second-order valence-electron chi connectivity index (χ2n) is 4.53. The normalized spacial score (nSPS) is 17.6. The summed E-state index contributed by atoms with van der Waals surface area (Å²) < 4.78 is 0.988. The van der Waals surface area contributed by atoms with Crippen LogP contribution in [-0.2, 0) is 5.60 Å². The summed E-state index contributed by atoms with van der Waals surface area (Å²) in [5, 5.41) is 20.5. The molecule has 1 saturated heterocycles. The summed E-state index contributed by atoms with van der Waals surface area (Å²) in [7, 11) is 0. The quantitative estimate of drug-likeness (QED) is 0.864. The number of aromatic nitrogens is 4. The van der Waals surface area contributed by atoms with Crippen molar-refractivity contribution in [1.29, 1.82) is 0 Å². The lowest BCUT2D eigenvalue weighted by atomic mass is 9.91. The zero-order valence-electron chi connectivity index (χ0n) is 9.76. The van der Waals surface area contributed by atoms with Crippen molar-refractivity contribution in [2.75, 3.05) is 18.0 Å². The molecule has 0 bridgehead atoms. The molecule has 1 fully saturated rings. The van der Waals surface area contributed by atoms with Gasteiger partial charge in [-0.25, -0.2) is 4.98 Å². The zero-order valence-corrected chi connectivity index (χ0v) is 11.3. The van der Waals surface area contributed by atoms with Gasteiger partial charge in [-0.3, -0.25) is 0 Å². The van der Waals surface area contributed by atoms with E-state index in [0.717, 1.165) is 16.0 Å². The van der Waals surface area contributed by atoms with E-state index in [-0.39, 0.29) is 0 Å². The number of hydrogen-bond donors (Lipinski definition) is 2. The van der Waals surface area contributed by atoms with Crippen LogP contribution in [0.2, 0.25) is 0 Å². The first kappa shape index (κ1) is 11.6. The SMILES string of the molecule is Cc1cc(Br)cc(N2CC(O)(c3cn[nH]n3)C2)n1. The minimum atomic E-state index is -0.926. The molecule has 0 aromatic carbocycles. The van der Waals surface area contributed by atoms with Crippen LogP contribution in [0, 0.1) is 6.92 Å². The summed E-state index contributed by atoms with van der Waals surface area (Å²) in [6, 6.07) is 3.89. The van der Waals surface area contributed by atoms with E-state index in [1.54, 1.807) is 6.20 Å². The van der Waals surface area contributed by atoms with Gasteiger partial charge in [0.1, 0.15) is 17.1 Å². The summed E-state index contributed by atoms with van der Waals surface area (Å²) in [5.41, 5.74) is 0.590. The Morgan fingerprint density at radius 2 is 2.22 bits per heavy atom. The summed E-state index contributed by atoms with van der Waals surface area (Å²) in [6.45, 7) is 2.89. The van der Waals surface area contributed by atoms with E-state index in [9.17, 15) is 5.11 Å². The first-order valence-corrected chi connectivity index (χ1v) is 6.34. The molecule has 18 heavy (non-hydrogen) atoms. The van der Waals surface area contributed by atoms with E-state index in [0.29, 0.717) is 18.8 Å². The van der Waals surface area contributed by atoms with Crippen LogP contribution < -0.4 is 4.90 Å². The van der Waals surface area contributed by atoms with Gasteiger partial charge in [0.2, 0.25) is 0 Å². The molecule has 2 aromatic rings. The molecule has 0 saturated carbocycles. The molecule has 3 heterocycles. The molecule has 1 aliphatic rings. The third kappa shape index (κ3) is 1.89. The molecular weight excluding hydrogens is 298 g/mol. The number of nitrogens with one attached hydrogen (secondary N) is 1. The lowest BCUT2D eigenvalue weighted by Gasteiger charge is -2.45. The fraction of sp³-hybridized carbons (Fsp3) is 0.364. The van der Waals surface area contributed by atoms with Gasteiger partial charge in [-0.05, 0) is 19.1 Å². The van der Waals surface area contributed by atoms with Gasteiger partial charge in [-0.2, -0.15) is 15.4 Å². The number of aromatic amines is 1. The van der Waals surface area contributed by atoms with Crippen LogP contribution in [0.3, 0.4) is 0 Å². The van der Waals surface area contributed by atoms with Gasteiger partial charge in [-0.1, -0.05) is 15.9 Å². The Morgan fingerprint density at radius 1 is 1.44 bits per heavy atom. The van der Waals surface area contributed by atoms with Crippen molar-refractivity contribution in [3.8, 4) is 0 Å². The van der Waals surface area contributed by atoms with Crippen molar-refractivity contribution in [2.45, 2.75) is 12.5 Å². The van der Waals surface area contributed by atoms with Crippen LogP contribution in [0.5, 0.6) is 0 Å². The maximum absolute atomic E-state index is 10.3. The zero-order chi connectivity index (χ0) is 12.8. The van der Waals surface area contributed by atoms with Gasteiger partial charge in [0.25, 0.3) is 0 Å². The molecule has 1 aliphatic heterocycles. The van der Waals surface area contributed by atoms with Gasteiger partial charge >= 0.3 is 0 Å². The molecule has 3 rings (SSSR count). The van der Waals surface area contributed by atoms with Crippen molar-refractivity contribution < 1.29 is 5.11 Å². The molecular formula is C11H12BrN5O. The van der Waals surface area contributed by atoms with Crippen LogP contribution in [0.1, 0.15) is 11.4 Å². The third-order valence-electron chi connectivity index (χ3n) is 3.03. The van der Waals surface area contributed by atoms with Crippen LogP contribution in [0.4, 0.5) is 5.82 Å². The molecule has 2 N–H and O–H groups in total. The van der Waals surface area contributed by atoms with Crippen LogP contribution >= 0.6 is 15.9 Å². The maximum Gasteiger partial charge on any atom is 0.145 e. The van der Waals surface area contributed by atoms with Crippen molar-refractivity contribution in [3.63, 3.8) is 0 Å². The average molecular weight is 310 g/mol. The van der Waals surface area contributed by atoms with E-state index in [1.807, 2.05) is 24.0 Å². The number of nitrogens with zero attached hydrogens (tertiary/aromatic N) is 4. The lowest BCUT2D eigenvalue weighted by Crippen LogP contribution is -2.60. The number of β-amino-alcohol motifs (C(OH)–C–C–N with tert-alkyl or cyclic N) is 1. The van der Waals surface area contributed by atoms with Crippen molar-refractivity contribution in [3.05, 3.63) is 34.2 Å². The largest absolute Gasteiger partial charge is 0.380 e. The summed E-state index contributed by atoms with van der Waals surface area (Å²) >= 11 is 3.45. The molecule has 7 heteroatoms. The first-order chi connectivity index (χ1) is 8.57. The van der Waals surface area contributed by atoms with Gasteiger partial charge < -0.3 is 10.0 Å². The van der Waals surface area contributed by atoms with E-state index in [1.165, 1.54) is 0 Å². The number of halogens is 1. The molecule has 0 atom stereocenters. The fourth-order valence-electron chi connectivity index (χ4n) is 2.11. The molecule has 6 nitrogen and oxygen atoms in total. The predicted molar refractivity (Wildman–Crippen MR) is 69.2 cm³/mol. The van der Waals surface area contributed by atoms with Gasteiger partial charge in [0.15, 0.2) is 0 Å². The van der Waals surface area contributed by atoms with E-state index in [2.05, 4.69) is 36.3 Å². The smallest absolute Gasteiger partial charge is 0.145 e. The van der Waals surface area contributed by atoms with E-state index in [4.69, 9.17) is 0 Å². The number of anilines is 1. The highest BCUT2D eigenvalue weighted by atomic mass is 79.9. The Hall–Kier alpha value is -1.47. The molecule has 0 amide bonds. The molecule has 0 unspecified atom stereocenters. The highest BCUT2D eigenvalue weighted by Gasteiger charge is 2.45. The Morgan fingerprint density at radius 3 is 2.83 bits per heavy atom. The number of aryl methyl sites for hydroxylation is 1. The monoisotopic (exact) mass is 309 g/mol. The number of rotatable bonds is 2. The summed E-state index contributed by atoms with van der Waals surface area (Å²) in [4.78, 5) is 6.45. The second kappa shape index (κ2) is 4.03. The van der Waals surface area contributed by atoms with E-state index < -0.39 is 5.60 Å². The standard InChI is InChI=1S/C11H12BrN5O/c1-7-2-8(12)3-10(14-7)17-5-11(18,6-17)9-4-13-16-15-9/h2-4,18H,5-6H2,1H3,(H,13,15,16). The Bertz CT molecular complexity index is 545. The predicted octanol–water partition coefficient (Wildman–Crippen LogP) is 0.978. The van der Waals surface area contributed by atoms with Crippen molar-refractivity contribution >= 4 is 21.7 Å². The minimum absolute atomic E-state index is 0.475. The third-order valence-corrected chi connectivity index (χ3v) is 3.48. The van der Waals surface area contributed by atoms with Gasteiger partial charge in [-0.15, -0.1) is 0 Å². The first-order valence-electron chi connectivity index (χ1n) is 5.55. The fourth-order valence-corrected chi connectivity index (χ4v) is 2.64. The van der Waals surface area contributed by atoms with Gasteiger partial charge in [0, 0.05) is 10.2 Å². The second-order valence-corrected chi connectivity index (χ2v) is 5.44. The lowest BCUT2D eigenvalue weighted by molar-refractivity contribution is 0.00284. The number of H-pyrrole nitrogens is 1. The number of aliphatic hydroxyl groups is 1. The summed E-state index contributed by atoms with van der Waals surface area (Å²) in [6.07, 6.45) is 1.55. The molecule has 2 aromatic heterocycles. The van der Waals surface area contributed by atoms with Crippen LogP contribution in [0.15, 0.2) is 22.8 Å². The molecule has 0 radical (unpaired) electrons. The van der Waals surface area contributed by atoms with Crippen LogP contribution in [-0.4, -0.2) is 38.6 Å². The Labute approximate surface area is 112 Å². The Balaban J connectivity index is 1.79. The maximum atomic E-state index is 10.3. The molecule has 94 valence electrons. The van der Waals surface area contributed by atoms with Gasteiger partial charge in [0.05, 0.1) is 19.3 Å². The molecule has 0 spiro atoms. The van der Waals surface area contributed by atoms with Crippen molar-refractivity contribution in [1.82, 2.24) is 20.4 Å². The number of hydrogen-bond acceptors (Lipinski definition) is 5. The number of pyridine rings is 1. The Kier molecular flexibility index (Phi) is 2.60. The highest BCUT2D eigenvalue weighted by Crippen LogP contribution is 2.34. The highest BCUT2D eigenvalue weighted by molar-refractivity contribution is 9.10. The topological polar surface area (TPSA) is 77.9 Å². The average Bonchev–Trinajstić information content (AvgIpc) is 2.76. The summed E-state index contributed by atoms with van der Waals surface area (Å²) in [5.74, 6) is 0.857.